The van der Waals surface area contributed by atoms with Gasteiger partial charge in [-0.05, 0) is 126 Å². The number of nitrogens with one attached hydrogen (secondary N) is 2. The highest BCUT2D eigenvalue weighted by molar-refractivity contribution is 8.06. The molecule has 0 spiro atoms. The van der Waals surface area contributed by atoms with Crippen LogP contribution in [0.5, 0.6) is 5.75 Å². The molecule has 56 heavy (non-hydrogen) atoms. The molecule has 5 N–H and O–H groups in total. The number of benzene rings is 1. The SMILES string of the molecule is C=C(C=C(C)SC(=C)/C=C(\C)C(=Nc1cccc(OC)c1)C(C)C(N)=O)CN(C)C(=O)C(C)=CC(=CC)CC(C)NCC(O)C(C)=c1ccc(=O)[nH]c1=C(C)C. The van der Waals surface area contributed by atoms with Gasteiger partial charge in [-0.25, -0.2) is 0 Å². The molecule has 302 valence electrons. The molecule has 3 unspecified atom stereocenters. The number of nitrogens with zero attached hydrogens (tertiary/aromatic N) is 2. The molecule has 0 fully saturated rings. The van der Waals surface area contributed by atoms with Crippen molar-refractivity contribution in [2.24, 2.45) is 16.6 Å². The monoisotopic (exact) mass is 783 g/mol. The number of thioether (sulfide) groups is 1. The van der Waals surface area contributed by atoms with E-state index in [0.717, 1.165) is 48.2 Å². The van der Waals surface area contributed by atoms with Crippen molar-refractivity contribution in [3.8, 4) is 5.75 Å². The number of pyridine rings is 1. The average molecular weight is 784 g/mol. The molecule has 0 bridgehead atoms. The topological polar surface area (TPSA) is 150 Å². The highest BCUT2D eigenvalue weighted by Gasteiger charge is 2.19. The lowest BCUT2D eigenvalue weighted by atomic mass is 9.98. The molecule has 2 aromatic rings. The third-order valence-corrected chi connectivity index (χ3v) is 9.88. The zero-order valence-corrected chi connectivity index (χ0v) is 35.8. The van der Waals surface area contributed by atoms with Crippen molar-refractivity contribution in [2.45, 2.75) is 80.9 Å². The Morgan fingerprint density at radius 1 is 1.05 bits per heavy atom. The van der Waals surface area contributed by atoms with Crippen LogP contribution in [0.4, 0.5) is 5.69 Å². The van der Waals surface area contributed by atoms with Crippen molar-refractivity contribution in [3.63, 3.8) is 0 Å². The van der Waals surface area contributed by atoms with Crippen LogP contribution in [0.3, 0.4) is 0 Å². The molecular formula is C45H61N5O5S. The number of hydrogen-bond donors (Lipinski definition) is 4. The molecule has 0 aliphatic carbocycles. The van der Waals surface area contributed by atoms with Gasteiger partial charge in [0.25, 0.3) is 0 Å². The maximum atomic E-state index is 13.4. The van der Waals surface area contributed by atoms with Gasteiger partial charge in [0.05, 0.1) is 30.5 Å². The molecule has 0 saturated heterocycles. The number of aliphatic hydroxyl groups excluding tert-OH is 1. The number of primary amides is 1. The Kier molecular flexibility index (Phi) is 19.0. The lowest BCUT2D eigenvalue weighted by molar-refractivity contribution is -0.125. The van der Waals surface area contributed by atoms with Gasteiger partial charge in [0.1, 0.15) is 5.75 Å². The van der Waals surface area contributed by atoms with Crippen LogP contribution in [0.25, 0.3) is 11.1 Å². The number of rotatable bonds is 19. The average Bonchev–Trinajstić information content (AvgIpc) is 3.14. The number of nitrogens with two attached hydrogens (primary N) is 1. The lowest BCUT2D eigenvalue weighted by Gasteiger charge is -2.20. The van der Waals surface area contributed by atoms with E-state index in [1.165, 1.54) is 17.8 Å². The zero-order valence-electron chi connectivity index (χ0n) is 35.0. The largest absolute Gasteiger partial charge is 0.497 e. The van der Waals surface area contributed by atoms with Crippen LogP contribution in [0, 0.1) is 5.92 Å². The van der Waals surface area contributed by atoms with Crippen molar-refractivity contribution in [3.05, 3.63) is 127 Å². The highest BCUT2D eigenvalue weighted by Crippen LogP contribution is 2.28. The number of ether oxygens (including phenoxy) is 1. The van der Waals surface area contributed by atoms with E-state index in [0.29, 0.717) is 42.2 Å². The smallest absolute Gasteiger partial charge is 0.249 e. The Morgan fingerprint density at radius 2 is 1.73 bits per heavy atom. The Balaban J connectivity index is 2.05. The van der Waals surface area contributed by atoms with Crippen molar-refractivity contribution in [2.75, 3.05) is 27.2 Å². The van der Waals surface area contributed by atoms with Gasteiger partial charge in [0, 0.05) is 54.1 Å². The van der Waals surface area contributed by atoms with Crippen molar-refractivity contribution in [1.82, 2.24) is 15.2 Å². The first-order valence-electron chi connectivity index (χ1n) is 18.6. The number of H-pyrrole nitrogens is 1. The van der Waals surface area contributed by atoms with Gasteiger partial charge >= 0.3 is 0 Å². The van der Waals surface area contributed by atoms with E-state index < -0.39 is 17.9 Å². The van der Waals surface area contributed by atoms with Crippen LogP contribution >= 0.6 is 11.8 Å². The predicted octanol–water partition coefficient (Wildman–Crippen LogP) is 6.37. The van der Waals surface area contributed by atoms with Crippen LogP contribution in [0.1, 0.15) is 68.7 Å². The predicted molar refractivity (Wildman–Crippen MR) is 235 cm³/mol. The van der Waals surface area contributed by atoms with Gasteiger partial charge in [-0.3, -0.25) is 19.4 Å². The fraction of sp³-hybridized carbons (Fsp3) is 0.378. The summed E-state index contributed by atoms with van der Waals surface area (Å²) in [6.45, 7) is 26.1. The van der Waals surface area contributed by atoms with Gasteiger partial charge in [-0.2, -0.15) is 0 Å². The maximum Gasteiger partial charge on any atom is 0.249 e. The van der Waals surface area contributed by atoms with Gasteiger partial charge in [-0.1, -0.05) is 54.3 Å². The van der Waals surface area contributed by atoms with E-state index in [2.05, 4.69) is 23.5 Å². The van der Waals surface area contributed by atoms with E-state index in [4.69, 9.17) is 15.5 Å². The van der Waals surface area contributed by atoms with Crippen molar-refractivity contribution >= 4 is 46.1 Å². The second kappa shape index (κ2) is 22.6. The molecule has 1 aromatic carbocycles. The van der Waals surface area contributed by atoms with Crippen LogP contribution in [-0.4, -0.2) is 71.9 Å². The molecule has 1 heterocycles. The number of amides is 2. The van der Waals surface area contributed by atoms with Gasteiger partial charge in [0.2, 0.25) is 17.4 Å². The second-order valence-electron chi connectivity index (χ2n) is 14.3. The van der Waals surface area contributed by atoms with Crippen LogP contribution in [0.2, 0.25) is 0 Å². The minimum atomic E-state index is -0.749. The number of aromatic nitrogens is 1. The summed E-state index contributed by atoms with van der Waals surface area (Å²) in [4.78, 5) is 48.3. The molecule has 2 amide bonds. The number of aromatic amines is 1. The van der Waals surface area contributed by atoms with E-state index in [9.17, 15) is 19.5 Å². The number of carbonyl (C=O) groups excluding carboxylic acids is 2. The molecule has 3 atom stereocenters. The molecule has 0 aliphatic rings. The summed E-state index contributed by atoms with van der Waals surface area (Å²) in [7, 11) is 3.33. The molecular weight excluding hydrogens is 723 g/mol. The van der Waals surface area contributed by atoms with Crippen LogP contribution in [-0.2, 0) is 9.59 Å². The summed E-state index contributed by atoms with van der Waals surface area (Å²) in [6.07, 6.45) is 7.60. The summed E-state index contributed by atoms with van der Waals surface area (Å²) in [5.74, 6) is -0.562. The number of aliphatic imine (C=N–C) groups is 1. The Hall–Kier alpha value is -4.97. The Labute approximate surface area is 337 Å². The molecule has 11 heteroatoms. The normalized spacial score (nSPS) is 15.1. The molecule has 1 aromatic heterocycles. The second-order valence-corrected chi connectivity index (χ2v) is 15.7. The first kappa shape index (κ1) is 47.2. The number of carbonyl (C=O) groups is 2. The number of allylic oxidation sites excluding steroid dienone is 5. The lowest BCUT2D eigenvalue weighted by Crippen LogP contribution is -2.41. The summed E-state index contributed by atoms with van der Waals surface area (Å²) in [6, 6.07) is 10.5. The number of methoxy groups -OCH3 is 1. The standard InChI is InChI=1S/C45H61N5O5S/c1-14-36(23-31(7)47-25-40(51)34(10)39-18-19-41(52)49-42(39)27(2)3)22-30(6)45(54)50(12)26-28(4)20-32(8)56-33(9)21-29(5)43(35(11)44(46)53)48-37-16-15-17-38(24-37)55-13/h14-22,24,31,35,40,47,51H,4,9,23,25-26H2,1-3,5-8,10-13H3,(H2,46,53)(H,49,52)/b29-21+,30-22?,32-20?,36-14?,39-34?,48-43?. The molecule has 0 radical (unpaired) electrons. The first-order chi connectivity index (χ1) is 26.3. The zero-order chi connectivity index (χ0) is 42.3. The van der Waals surface area contributed by atoms with E-state index in [-0.39, 0.29) is 17.5 Å². The molecule has 0 aliphatic heterocycles. The molecule has 2 rings (SSSR count). The summed E-state index contributed by atoms with van der Waals surface area (Å²) in [5, 5.41) is 15.9. The van der Waals surface area contributed by atoms with Gasteiger partial charge < -0.3 is 30.8 Å². The third-order valence-electron chi connectivity index (χ3n) is 9.06. The number of aliphatic hydroxyl groups is 1. The number of hydrogen-bond acceptors (Lipinski definition) is 8. The minimum absolute atomic E-state index is 0.0206. The Morgan fingerprint density at radius 3 is 2.34 bits per heavy atom. The summed E-state index contributed by atoms with van der Waals surface area (Å²) < 4.78 is 5.31. The van der Waals surface area contributed by atoms with E-state index in [1.54, 1.807) is 45.0 Å². The van der Waals surface area contributed by atoms with E-state index in [1.807, 2.05) is 91.0 Å². The maximum absolute atomic E-state index is 13.4. The van der Waals surface area contributed by atoms with Crippen molar-refractivity contribution < 1.29 is 19.4 Å². The summed E-state index contributed by atoms with van der Waals surface area (Å²) >= 11 is 1.45. The van der Waals surface area contributed by atoms with Gasteiger partial charge in [0.15, 0.2) is 0 Å². The third kappa shape index (κ3) is 14.9. The van der Waals surface area contributed by atoms with Crippen LogP contribution in [0.15, 0.2) is 116 Å². The molecule has 10 nitrogen and oxygen atoms in total. The molecule has 0 saturated carbocycles. The first-order valence-corrected chi connectivity index (χ1v) is 19.4. The number of likely N-dealkylation sites (N-methyl/N-ethyl adjacent to an activating group) is 1. The van der Waals surface area contributed by atoms with E-state index >= 15 is 0 Å². The van der Waals surface area contributed by atoms with Gasteiger partial charge in [-0.15, -0.1) is 0 Å². The fourth-order valence-electron chi connectivity index (χ4n) is 5.94. The highest BCUT2D eigenvalue weighted by atomic mass is 32.2. The van der Waals surface area contributed by atoms with Crippen molar-refractivity contribution in [1.29, 1.82) is 0 Å². The quantitative estimate of drug-likeness (QED) is 0.0735. The fourth-order valence-corrected chi connectivity index (χ4v) is 6.82. The Bertz CT molecular complexity index is 2120. The van der Waals surface area contributed by atoms with Crippen LogP contribution < -0.4 is 31.9 Å². The minimum Gasteiger partial charge on any atom is -0.497 e. The summed E-state index contributed by atoms with van der Waals surface area (Å²) in [5.41, 5.74) is 11.5.